The van der Waals surface area contributed by atoms with Gasteiger partial charge in [0.25, 0.3) is 0 Å². The zero-order valence-electron chi connectivity index (χ0n) is 6.60. The minimum Gasteiger partial charge on any atom is -0.316 e. The molecule has 0 bridgehead atoms. The molecule has 0 saturated carbocycles. The van der Waals surface area contributed by atoms with E-state index in [1.165, 1.54) is 9.13 Å². The van der Waals surface area contributed by atoms with Crippen LogP contribution in [0.5, 0.6) is 0 Å². The number of hydrogen-bond acceptors (Lipinski definition) is 1. The largest absolute Gasteiger partial charge is 0.316 e. The van der Waals surface area contributed by atoms with Crippen molar-refractivity contribution in [1.82, 2.24) is 5.32 Å². The smallest absolute Gasteiger partial charge is 0.0203 e. The molecule has 0 aliphatic carbocycles. The highest BCUT2D eigenvalue weighted by Gasteiger charge is 1.95. The fourth-order valence-electron chi connectivity index (χ4n) is 0.917. The number of nitrogens with one attached hydrogen (secondary N) is 1. The molecule has 0 unspecified atom stereocenters. The van der Waals surface area contributed by atoms with Gasteiger partial charge in [-0.3, -0.25) is 0 Å². The number of halogens is 3. The lowest BCUT2D eigenvalue weighted by molar-refractivity contribution is 0.817. The van der Waals surface area contributed by atoms with Crippen molar-refractivity contribution in [2.45, 2.75) is 6.54 Å². The third-order valence-electron chi connectivity index (χ3n) is 1.30. The van der Waals surface area contributed by atoms with Crippen molar-refractivity contribution in [2.75, 3.05) is 7.05 Å². The summed E-state index contributed by atoms with van der Waals surface area (Å²) in [5, 5.41) is 3.11. The van der Waals surface area contributed by atoms with Crippen LogP contribution in [0.1, 0.15) is 5.56 Å². The second-order valence-electron chi connectivity index (χ2n) is 2.31. The maximum atomic E-state index is 3.45. The molecule has 1 rings (SSSR count). The fraction of sp³-hybridized carbons (Fsp3) is 0.250. The molecule has 0 aliphatic heterocycles. The van der Waals surface area contributed by atoms with Crippen LogP contribution in [0.15, 0.2) is 22.7 Å². The van der Waals surface area contributed by atoms with E-state index in [2.05, 4.69) is 62.0 Å². The maximum absolute atomic E-state index is 3.45. The molecule has 0 aromatic heterocycles. The van der Waals surface area contributed by atoms with Gasteiger partial charge in [-0.05, 0) is 53.4 Å². The standard InChI is InChI=1S/C8H9BrIN.ClH/c1-11-5-6-2-7(9)4-8(10)3-6;/h2-4,11H,5H2,1H3;1H. The second kappa shape index (κ2) is 6.18. The average Bonchev–Trinajstić information content (AvgIpc) is 1.85. The predicted octanol–water partition coefficient (Wildman–Crippen LogP) is 3.19. The molecule has 12 heavy (non-hydrogen) atoms. The molecule has 0 spiro atoms. The Balaban J connectivity index is 0.00000121. The zero-order valence-corrected chi connectivity index (χ0v) is 11.2. The van der Waals surface area contributed by atoms with Crippen LogP contribution in [0.25, 0.3) is 0 Å². The molecule has 1 nitrogen and oxygen atoms in total. The van der Waals surface area contributed by atoms with Crippen LogP contribution >= 0.6 is 50.9 Å². The lowest BCUT2D eigenvalue weighted by atomic mass is 10.2. The van der Waals surface area contributed by atoms with Crippen molar-refractivity contribution >= 4 is 50.9 Å². The van der Waals surface area contributed by atoms with Gasteiger partial charge in [-0.2, -0.15) is 0 Å². The first-order chi connectivity index (χ1) is 5.22. The molecule has 0 saturated heterocycles. The average molecular weight is 362 g/mol. The van der Waals surface area contributed by atoms with E-state index < -0.39 is 0 Å². The lowest BCUT2D eigenvalue weighted by Crippen LogP contribution is -2.04. The van der Waals surface area contributed by atoms with Crippen molar-refractivity contribution in [3.63, 3.8) is 0 Å². The first-order valence-electron chi connectivity index (χ1n) is 3.32. The molecule has 68 valence electrons. The Bertz CT molecular complexity index is 235. The Morgan fingerprint density at radius 1 is 1.42 bits per heavy atom. The van der Waals surface area contributed by atoms with Crippen molar-refractivity contribution in [2.24, 2.45) is 0 Å². The van der Waals surface area contributed by atoms with Crippen LogP contribution in [-0.2, 0) is 6.54 Å². The highest BCUT2D eigenvalue weighted by atomic mass is 127. The van der Waals surface area contributed by atoms with E-state index in [9.17, 15) is 0 Å². The summed E-state index contributed by atoms with van der Waals surface area (Å²) in [6.07, 6.45) is 0. The molecule has 0 atom stereocenters. The Morgan fingerprint density at radius 3 is 2.58 bits per heavy atom. The third kappa shape index (κ3) is 4.07. The van der Waals surface area contributed by atoms with Crippen molar-refractivity contribution < 1.29 is 0 Å². The minimum absolute atomic E-state index is 0. The number of rotatable bonds is 2. The summed E-state index contributed by atoms with van der Waals surface area (Å²) in [5.74, 6) is 0. The Morgan fingerprint density at radius 2 is 2.08 bits per heavy atom. The summed E-state index contributed by atoms with van der Waals surface area (Å²) < 4.78 is 2.41. The molecule has 0 aliphatic rings. The Labute approximate surface area is 101 Å². The van der Waals surface area contributed by atoms with E-state index >= 15 is 0 Å². The van der Waals surface area contributed by atoms with Gasteiger partial charge in [0.15, 0.2) is 0 Å². The fourth-order valence-corrected chi connectivity index (χ4v) is 2.62. The first kappa shape index (κ1) is 12.7. The zero-order chi connectivity index (χ0) is 8.27. The monoisotopic (exact) mass is 361 g/mol. The van der Waals surface area contributed by atoms with Gasteiger partial charge in [0.05, 0.1) is 0 Å². The molecule has 0 radical (unpaired) electrons. The molecule has 0 amide bonds. The lowest BCUT2D eigenvalue weighted by Gasteiger charge is -2.01. The highest BCUT2D eigenvalue weighted by Crippen LogP contribution is 2.16. The molecule has 0 heterocycles. The third-order valence-corrected chi connectivity index (χ3v) is 2.38. The second-order valence-corrected chi connectivity index (χ2v) is 4.47. The van der Waals surface area contributed by atoms with Crippen LogP contribution in [0.2, 0.25) is 0 Å². The summed E-state index contributed by atoms with van der Waals surface area (Å²) in [5.41, 5.74) is 1.31. The summed E-state index contributed by atoms with van der Waals surface area (Å²) in [7, 11) is 1.95. The first-order valence-corrected chi connectivity index (χ1v) is 5.19. The van der Waals surface area contributed by atoms with E-state index in [4.69, 9.17) is 0 Å². The van der Waals surface area contributed by atoms with Gasteiger partial charge < -0.3 is 5.32 Å². The summed E-state index contributed by atoms with van der Waals surface area (Å²) in [4.78, 5) is 0. The topological polar surface area (TPSA) is 12.0 Å². The van der Waals surface area contributed by atoms with E-state index in [0.717, 1.165) is 11.0 Å². The Kier molecular flexibility index (Phi) is 6.53. The molecule has 1 N–H and O–H groups in total. The van der Waals surface area contributed by atoms with Gasteiger partial charge in [0, 0.05) is 14.6 Å². The summed E-state index contributed by atoms with van der Waals surface area (Å²) in [6.45, 7) is 0.926. The van der Waals surface area contributed by atoms with E-state index in [1.807, 2.05) is 7.05 Å². The Hall–Kier alpha value is 0.680. The van der Waals surface area contributed by atoms with Gasteiger partial charge in [0.1, 0.15) is 0 Å². The SMILES string of the molecule is CNCc1cc(Br)cc(I)c1.Cl. The number of benzene rings is 1. The molecule has 1 aromatic rings. The van der Waals surface area contributed by atoms with E-state index in [0.29, 0.717) is 0 Å². The van der Waals surface area contributed by atoms with Crippen molar-refractivity contribution in [3.8, 4) is 0 Å². The van der Waals surface area contributed by atoms with Gasteiger partial charge in [0.2, 0.25) is 0 Å². The van der Waals surface area contributed by atoms with Gasteiger partial charge in [-0.25, -0.2) is 0 Å². The van der Waals surface area contributed by atoms with Crippen LogP contribution < -0.4 is 5.32 Å². The van der Waals surface area contributed by atoms with Gasteiger partial charge in [-0.15, -0.1) is 12.4 Å². The molecule has 4 heteroatoms. The highest BCUT2D eigenvalue weighted by molar-refractivity contribution is 14.1. The maximum Gasteiger partial charge on any atom is 0.0203 e. The van der Waals surface area contributed by atoms with E-state index in [-0.39, 0.29) is 12.4 Å². The number of hydrogen-bond donors (Lipinski definition) is 1. The molecule has 1 aromatic carbocycles. The van der Waals surface area contributed by atoms with Crippen molar-refractivity contribution in [1.29, 1.82) is 0 Å². The van der Waals surface area contributed by atoms with Crippen LogP contribution in [0.3, 0.4) is 0 Å². The molecular formula is C8H10BrClIN. The van der Waals surface area contributed by atoms with Crippen LogP contribution in [0, 0.1) is 3.57 Å². The minimum atomic E-state index is 0. The van der Waals surface area contributed by atoms with Gasteiger partial charge in [-0.1, -0.05) is 15.9 Å². The predicted molar refractivity (Wildman–Crippen MR) is 66.9 cm³/mol. The molecular weight excluding hydrogens is 352 g/mol. The van der Waals surface area contributed by atoms with Crippen LogP contribution in [-0.4, -0.2) is 7.05 Å². The summed E-state index contributed by atoms with van der Waals surface area (Å²) in [6, 6.07) is 6.39. The van der Waals surface area contributed by atoms with E-state index in [1.54, 1.807) is 0 Å². The van der Waals surface area contributed by atoms with Crippen LogP contribution in [0.4, 0.5) is 0 Å². The quantitative estimate of drug-likeness (QED) is 0.797. The van der Waals surface area contributed by atoms with Crippen molar-refractivity contribution in [3.05, 3.63) is 31.8 Å². The van der Waals surface area contributed by atoms with Gasteiger partial charge >= 0.3 is 0 Å². The normalized spacial score (nSPS) is 9.25. The summed E-state index contributed by atoms with van der Waals surface area (Å²) >= 11 is 5.76. The molecule has 0 fully saturated rings.